The molecule has 4 rings (SSSR count). The first-order valence-electron chi connectivity index (χ1n) is 12.1. The van der Waals surface area contributed by atoms with Gasteiger partial charge in [-0.05, 0) is 82.8 Å². The highest BCUT2D eigenvalue weighted by atomic mass is 31.2. The van der Waals surface area contributed by atoms with Crippen LogP contribution < -0.4 is 24.3 Å². The Labute approximate surface area is 231 Å². The van der Waals surface area contributed by atoms with Gasteiger partial charge in [0.25, 0.3) is 0 Å². The van der Waals surface area contributed by atoms with E-state index in [9.17, 15) is 9.36 Å². The van der Waals surface area contributed by atoms with Crippen LogP contribution in [-0.2, 0) is 20.4 Å². The molecule has 0 spiro atoms. The average molecular weight is 572 g/mol. The summed E-state index contributed by atoms with van der Waals surface area (Å²) in [4.78, 5) is 30.8. The van der Waals surface area contributed by atoms with Crippen molar-refractivity contribution in [2.24, 2.45) is 0 Å². The van der Waals surface area contributed by atoms with Gasteiger partial charge in [0.2, 0.25) is 18.4 Å². The van der Waals surface area contributed by atoms with Gasteiger partial charge in [-0.15, -0.1) is 0 Å². The second-order valence-electron chi connectivity index (χ2n) is 8.74. The van der Waals surface area contributed by atoms with E-state index in [4.69, 9.17) is 33.2 Å². The quantitative estimate of drug-likeness (QED) is 0.205. The molecule has 0 fully saturated rings. The van der Waals surface area contributed by atoms with E-state index in [0.29, 0.717) is 23.6 Å². The third-order valence-electron chi connectivity index (χ3n) is 6.29. The normalized spacial score (nSPS) is 13.8. The van der Waals surface area contributed by atoms with Crippen LogP contribution in [0.5, 0.6) is 23.0 Å². The minimum atomic E-state index is -4.72. The smallest absolute Gasteiger partial charge is 0.472 e. The number of carbonyl (C=O) groups is 1. The van der Waals surface area contributed by atoms with Crippen molar-refractivity contribution in [1.29, 1.82) is 0 Å². The van der Waals surface area contributed by atoms with Crippen LogP contribution in [0.3, 0.4) is 0 Å². The Bertz CT molecular complexity index is 1460. The minimum absolute atomic E-state index is 0.123. The van der Waals surface area contributed by atoms with Gasteiger partial charge < -0.3 is 38.5 Å². The van der Waals surface area contributed by atoms with Gasteiger partial charge in [-0.3, -0.25) is 4.79 Å². The summed E-state index contributed by atoms with van der Waals surface area (Å²) in [6.45, 7) is 1.54. The Morgan fingerprint density at radius 2 is 1.75 bits per heavy atom. The Morgan fingerprint density at radius 1 is 1.02 bits per heavy atom. The van der Waals surface area contributed by atoms with Crippen LogP contribution in [-0.4, -0.2) is 43.8 Å². The Hall–Kier alpha value is -4.02. The van der Waals surface area contributed by atoms with Gasteiger partial charge in [-0.25, -0.2) is 9.09 Å². The largest absolute Gasteiger partial charge is 0.497 e. The van der Waals surface area contributed by atoms with E-state index >= 15 is 0 Å². The maximum atomic E-state index is 12.9. The van der Waals surface area contributed by atoms with Crippen molar-refractivity contribution in [1.82, 2.24) is 5.32 Å². The summed E-state index contributed by atoms with van der Waals surface area (Å²) in [7, 11) is -0.261. The maximum absolute atomic E-state index is 12.9. The number of fused-ring (bicyclic) bond motifs is 1. The van der Waals surface area contributed by atoms with Crippen LogP contribution in [0.25, 0.3) is 17.2 Å². The molecule has 3 N–H and O–H groups in total. The van der Waals surface area contributed by atoms with Crippen molar-refractivity contribution in [3.63, 3.8) is 0 Å². The summed E-state index contributed by atoms with van der Waals surface area (Å²) in [6.07, 6.45) is 3.65. The van der Waals surface area contributed by atoms with Crippen molar-refractivity contribution >= 4 is 31.0 Å². The van der Waals surface area contributed by atoms with Crippen molar-refractivity contribution in [3.8, 4) is 23.0 Å². The van der Waals surface area contributed by atoms with E-state index in [0.717, 1.165) is 27.8 Å². The van der Waals surface area contributed by atoms with E-state index in [-0.39, 0.29) is 29.6 Å². The van der Waals surface area contributed by atoms with Crippen molar-refractivity contribution in [2.75, 3.05) is 28.1 Å². The van der Waals surface area contributed by atoms with E-state index < -0.39 is 14.6 Å². The fourth-order valence-corrected chi connectivity index (χ4v) is 4.57. The van der Waals surface area contributed by atoms with E-state index in [1.165, 1.54) is 14.2 Å². The topological polar surface area (TPSA) is 146 Å². The lowest BCUT2D eigenvalue weighted by Gasteiger charge is -2.16. The number of phosphoric acid groups is 1. The standard InChI is InChI=1S/C28H30NO10P/c1-17-22(10-18-11-25(35-3)28(26(12-18)36-4)38-16-39-40(31,32)33)21-8-7-19(34-2)13-24(21)23(17)14-27(30)29-15-20-6-5-9-37-20/h5-13H,14-16H2,1-4H3,(H,29,30)(H2,31,32,33)/b22-10-. The van der Waals surface area contributed by atoms with E-state index in [2.05, 4.69) is 9.84 Å². The first kappa shape index (κ1) is 29.0. The number of allylic oxidation sites excluding steroid dienone is 2. The molecule has 0 saturated carbocycles. The predicted octanol–water partition coefficient (Wildman–Crippen LogP) is 4.79. The van der Waals surface area contributed by atoms with Gasteiger partial charge in [-0.2, -0.15) is 0 Å². The molecule has 12 heteroatoms. The number of methoxy groups -OCH3 is 3. The molecule has 11 nitrogen and oxygen atoms in total. The number of amides is 1. The third-order valence-corrected chi connectivity index (χ3v) is 6.74. The first-order chi connectivity index (χ1) is 19.1. The lowest BCUT2D eigenvalue weighted by atomic mass is 10.00. The van der Waals surface area contributed by atoms with Gasteiger partial charge in [0.15, 0.2) is 11.5 Å². The number of phosphoric ester groups is 1. The van der Waals surface area contributed by atoms with Crippen molar-refractivity contribution in [2.45, 2.75) is 19.9 Å². The van der Waals surface area contributed by atoms with E-state index in [1.54, 1.807) is 37.6 Å². The molecule has 212 valence electrons. The molecule has 1 aliphatic carbocycles. The molecule has 1 heterocycles. The monoisotopic (exact) mass is 571 g/mol. The number of hydrogen-bond acceptors (Lipinski definition) is 8. The number of ether oxygens (including phenoxy) is 4. The molecular weight excluding hydrogens is 541 g/mol. The molecule has 0 bridgehead atoms. The second kappa shape index (κ2) is 12.4. The molecule has 1 amide bonds. The zero-order valence-electron chi connectivity index (χ0n) is 22.4. The fraction of sp³-hybridized carbons (Fsp3) is 0.250. The zero-order valence-corrected chi connectivity index (χ0v) is 23.3. The van der Waals surface area contributed by atoms with Gasteiger partial charge in [0.05, 0.1) is 40.6 Å². The lowest BCUT2D eigenvalue weighted by Crippen LogP contribution is -2.22. The first-order valence-corrected chi connectivity index (χ1v) is 13.6. The molecule has 40 heavy (non-hydrogen) atoms. The number of nitrogens with one attached hydrogen (secondary N) is 1. The van der Waals surface area contributed by atoms with Gasteiger partial charge in [-0.1, -0.05) is 6.07 Å². The molecule has 3 aromatic rings. The lowest BCUT2D eigenvalue weighted by molar-refractivity contribution is -0.120. The maximum Gasteiger partial charge on any atom is 0.472 e. The number of benzene rings is 2. The zero-order chi connectivity index (χ0) is 28.9. The van der Waals surface area contributed by atoms with Crippen LogP contribution in [0.1, 0.15) is 35.8 Å². The van der Waals surface area contributed by atoms with Crippen LogP contribution in [0.4, 0.5) is 0 Å². The van der Waals surface area contributed by atoms with Crippen molar-refractivity contribution < 1.29 is 47.0 Å². The molecular formula is C28H30NO10P. The van der Waals surface area contributed by atoms with Crippen LogP contribution in [0.2, 0.25) is 0 Å². The highest BCUT2D eigenvalue weighted by Gasteiger charge is 2.26. The summed E-state index contributed by atoms with van der Waals surface area (Å²) < 4.78 is 42.5. The Balaban J connectivity index is 1.68. The number of carbonyl (C=O) groups excluding carboxylic acids is 1. The highest BCUT2D eigenvalue weighted by molar-refractivity contribution is 7.46. The number of rotatable bonds is 12. The van der Waals surface area contributed by atoms with Crippen LogP contribution in [0.15, 0.2) is 58.7 Å². The predicted molar refractivity (Wildman–Crippen MR) is 147 cm³/mol. The summed E-state index contributed by atoms with van der Waals surface area (Å²) in [5, 5.41) is 2.90. The minimum Gasteiger partial charge on any atom is -0.497 e. The summed E-state index contributed by atoms with van der Waals surface area (Å²) in [5.41, 5.74) is 5.21. The summed E-state index contributed by atoms with van der Waals surface area (Å²) in [6, 6.07) is 12.7. The highest BCUT2D eigenvalue weighted by Crippen LogP contribution is 2.46. The number of hydrogen-bond donors (Lipinski definition) is 3. The van der Waals surface area contributed by atoms with Gasteiger partial charge in [0, 0.05) is 0 Å². The molecule has 1 aromatic heterocycles. The van der Waals surface area contributed by atoms with Gasteiger partial charge >= 0.3 is 7.82 Å². The average Bonchev–Trinajstić information content (AvgIpc) is 3.54. The van der Waals surface area contributed by atoms with Crippen LogP contribution in [0, 0.1) is 0 Å². The molecule has 0 radical (unpaired) electrons. The molecule has 0 atom stereocenters. The molecule has 0 saturated heterocycles. The molecule has 0 aliphatic heterocycles. The van der Waals surface area contributed by atoms with E-state index in [1.807, 2.05) is 31.2 Å². The SMILES string of the molecule is COc1ccc2c(c1)C(CC(=O)NCc1ccco1)=C(C)/C2=C/c1cc(OC)c(OCOP(=O)(O)O)c(OC)c1. The second-order valence-corrected chi connectivity index (χ2v) is 9.98. The van der Waals surface area contributed by atoms with Crippen LogP contribution >= 0.6 is 7.82 Å². The molecule has 0 unspecified atom stereocenters. The number of furan rings is 1. The third kappa shape index (κ3) is 6.75. The molecule has 2 aromatic carbocycles. The summed E-state index contributed by atoms with van der Waals surface area (Å²) >= 11 is 0. The Morgan fingerprint density at radius 3 is 2.35 bits per heavy atom. The Kier molecular flexibility index (Phi) is 9.01. The molecule has 1 aliphatic rings. The van der Waals surface area contributed by atoms with Gasteiger partial charge in [0.1, 0.15) is 11.5 Å². The fourth-order valence-electron chi connectivity index (χ4n) is 4.38. The van der Waals surface area contributed by atoms with Crippen molar-refractivity contribution in [3.05, 3.63) is 76.8 Å². The summed E-state index contributed by atoms with van der Waals surface area (Å²) in [5.74, 6) is 1.85.